The Morgan fingerprint density at radius 2 is 1.90 bits per heavy atom. The van der Waals surface area contributed by atoms with Crippen LogP contribution < -0.4 is 5.32 Å². The molecule has 0 bridgehead atoms. The summed E-state index contributed by atoms with van der Waals surface area (Å²) >= 11 is 0. The van der Waals surface area contributed by atoms with Gasteiger partial charge in [0, 0.05) is 13.2 Å². The number of methoxy groups -OCH3 is 1. The molecular formula is C15H25NO3S. The highest BCUT2D eigenvalue weighted by atomic mass is 32.2. The second-order valence-electron chi connectivity index (χ2n) is 4.94. The quantitative estimate of drug-likeness (QED) is 0.757. The Hall–Kier alpha value is -0.910. The predicted octanol–water partition coefficient (Wildman–Crippen LogP) is 1.96. The molecule has 1 atom stereocenters. The van der Waals surface area contributed by atoms with Crippen LogP contribution in [0.5, 0.6) is 0 Å². The zero-order valence-corrected chi connectivity index (χ0v) is 13.4. The molecule has 114 valence electrons. The van der Waals surface area contributed by atoms with Crippen molar-refractivity contribution in [2.75, 3.05) is 32.3 Å². The fourth-order valence-electron chi connectivity index (χ4n) is 2.10. The Labute approximate surface area is 122 Å². The van der Waals surface area contributed by atoms with E-state index < -0.39 is 9.84 Å². The number of rotatable bonds is 9. The summed E-state index contributed by atoms with van der Waals surface area (Å²) in [5, 5.41) is 3.08. The van der Waals surface area contributed by atoms with Gasteiger partial charge in [0.05, 0.1) is 18.1 Å². The molecule has 0 fully saturated rings. The van der Waals surface area contributed by atoms with Gasteiger partial charge < -0.3 is 10.1 Å². The second-order valence-corrected chi connectivity index (χ2v) is 7.17. The first-order valence-corrected chi connectivity index (χ1v) is 8.80. The Kier molecular flexibility index (Phi) is 7.19. The predicted molar refractivity (Wildman–Crippen MR) is 82.8 cm³/mol. The third kappa shape index (κ3) is 5.61. The Bertz CT molecular complexity index is 482. The molecule has 1 N–H and O–H groups in total. The number of nitrogens with one attached hydrogen (secondary N) is 1. The molecule has 0 aliphatic heterocycles. The molecule has 20 heavy (non-hydrogen) atoms. The molecule has 5 heteroatoms. The molecular weight excluding hydrogens is 274 g/mol. The summed E-state index contributed by atoms with van der Waals surface area (Å²) in [4.78, 5) is 0. The van der Waals surface area contributed by atoms with E-state index in [1.165, 1.54) is 12.7 Å². The summed E-state index contributed by atoms with van der Waals surface area (Å²) in [5.41, 5.74) is 2.29. The number of sulfone groups is 1. The average Bonchev–Trinajstić information content (AvgIpc) is 2.44. The van der Waals surface area contributed by atoms with Crippen LogP contribution in [-0.2, 0) is 21.0 Å². The monoisotopic (exact) mass is 299 g/mol. The maximum absolute atomic E-state index is 12.0. The lowest BCUT2D eigenvalue weighted by molar-refractivity contribution is 0.217. The van der Waals surface area contributed by atoms with Crippen LogP contribution >= 0.6 is 0 Å². The van der Waals surface area contributed by atoms with Crippen LogP contribution in [0.4, 0.5) is 0 Å². The lowest BCUT2D eigenvalue weighted by Gasteiger charge is -2.17. The highest BCUT2D eigenvalue weighted by molar-refractivity contribution is 7.91. The van der Waals surface area contributed by atoms with Gasteiger partial charge in [-0.05, 0) is 24.6 Å². The molecule has 0 saturated carbocycles. The van der Waals surface area contributed by atoms with E-state index in [2.05, 4.69) is 24.4 Å². The first-order valence-electron chi connectivity index (χ1n) is 6.98. The van der Waals surface area contributed by atoms with Crippen molar-refractivity contribution in [3.8, 4) is 0 Å². The molecule has 1 rings (SSSR count). The van der Waals surface area contributed by atoms with E-state index in [4.69, 9.17) is 4.74 Å². The zero-order valence-electron chi connectivity index (χ0n) is 12.6. The molecule has 1 unspecified atom stereocenters. The largest absolute Gasteiger partial charge is 0.384 e. The van der Waals surface area contributed by atoms with E-state index in [-0.39, 0.29) is 24.2 Å². The van der Waals surface area contributed by atoms with Crippen LogP contribution in [0.2, 0.25) is 0 Å². The summed E-state index contributed by atoms with van der Waals surface area (Å²) in [6, 6.07) is 8.00. The first-order chi connectivity index (χ1) is 9.52. The summed E-state index contributed by atoms with van der Waals surface area (Å²) < 4.78 is 28.8. The molecule has 1 aromatic carbocycles. The number of aryl methyl sites for hydroxylation is 1. The van der Waals surface area contributed by atoms with Crippen LogP contribution in [-0.4, -0.2) is 40.7 Å². The number of hydrogen-bond donors (Lipinski definition) is 1. The Morgan fingerprint density at radius 1 is 1.25 bits per heavy atom. The van der Waals surface area contributed by atoms with Crippen molar-refractivity contribution >= 4 is 9.84 Å². The molecule has 0 saturated heterocycles. The fourth-order valence-corrected chi connectivity index (χ4v) is 3.55. The Balaban J connectivity index is 2.75. The molecule has 0 heterocycles. The summed E-state index contributed by atoms with van der Waals surface area (Å²) in [5.74, 6) is 0.162. The van der Waals surface area contributed by atoms with Gasteiger partial charge in [0.1, 0.15) is 0 Å². The number of benzene rings is 1. The van der Waals surface area contributed by atoms with Crippen molar-refractivity contribution in [1.82, 2.24) is 5.32 Å². The van der Waals surface area contributed by atoms with Crippen LogP contribution in [0.3, 0.4) is 0 Å². The minimum absolute atomic E-state index is 0.0651. The standard InChI is InChI=1S/C15H25NO3S/c1-4-5-13-6-8-14(9-7-13)15(16-2)12-20(17,18)11-10-19-3/h6-9,15-16H,4-5,10-12H2,1-3H3. The van der Waals surface area contributed by atoms with Crippen LogP contribution in [0.25, 0.3) is 0 Å². The molecule has 0 aromatic heterocycles. The molecule has 4 nitrogen and oxygen atoms in total. The van der Waals surface area contributed by atoms with Gasteiger partial charge in [-0.2, -0.15) is 0 Å². The first kappa shape index (κ1) is 17.1. The zero-order chi connectivity index (χ0) is 15.0. The van der Waals surface area contributed by atoms with Gasteiger partial charge in [-0.15, -0.1) is 0 Å². The third-order valence-electron chi connectivity index (χ3n) is 3.29. The highest BCUT2D eigenvalue weighted by Crippen LogP contribution is 2.17. The van der Waals surface area contributed by atoms with E-state index in [9.17, 15) is 8.42 Å². The summed E-state index contributed by atoms with van der Waals surface area (Å²) in [7, 11) is 0.189. The van der Waals surface area contributed by atoms with Gasteiger partial charge in [-0.3, -0.25) is 0 Å². The van der Waals surface area contributed by atoms with Gasteiger partial charge in [-0.1, -0.05) is 37.6 Å². The molecule has 0 aliphatic rings. The van der Waals surface area contributed by atoms with Crippen molar-refractivity contribution in [2.45, 2.75) is 25.8 Å². The van der Waals surface area contributed by atoms with Crippen molar-refractivity contribution in [3.63, 3.8) is 0 Å². The Morgan fingerprint density at radius 3 is 2.40 bits per heavy atom. The lowest BCUT2D eigenvalue weighted by atomic mass is 10.0. The lowest BCUT2D eigenvalue weighted by Crippen LogP contribution is -2.27. The van der Waals surface area contributed by atoms with Gasteiger partial charge in [0.15, 0.2) is 9.84 Å². The van der Waals surface area contributed by atoms with Gasteiger partial charge in [-0.25, -0.2) is 8.42 Å². The van der Waals surface area contributed by atoms with Crippen molar-refractivity contribution in [2.24, 2.45) is 0 Å². The maximum atomic E-state index is 12.0. The topological polar surface area (TPSA) is 55.4 Å². The van der Waals surface area contributed by atoms with Crippen LogP contribution in [0.1, 0.15) is 30.5 Å². The molecule has 0 spiro atoms. The summed E-state index contributed by atoms with van der Waals surface area (Å²) in [6.45, 7) is 2.39. The van der Waals surface area contributed by atoms with Crippen LogP contribution in [0, 0.1) is 0 Å². The van der Waals surface area contributed by atoms with Crippen molar-refractivity contribution in [3.05, 3.63) is 35.4 Å². The minimum Gasteiger partial charge on any atom is -0.384 e. The van der Waals surface area contributed by atoms with Crippen molar-refractivity contribution < 1.29 is 13.2 Å². The summed E-state index contributed by atoms with van der Waals surface area (Å²) in [6.07, 6.45) is 2.16. The van der Waals surface area contributed by atoms with E-state index in [0.29, 0.717) is 0 Å². The molecule has 1 aromatic rings. The molecule has 0 aliphatic carbocycles. The third-order valence-corrected chi connectivity index (χ3v) is 4.92. The normalized spacial score (nSPS) is 13.3. The number of ether oxygens (including phenoxy) is 1. The highest BCUT2D eigenvalue weighted by Gasteiger charge is 2.19. The SMILES string of the molecule is CCCc1ccc(C(CS(=O)(=O)CCOC)NC)cc1. The van der Waals surface area contributed by atoms with E-state index in [1.807, 2.05) is 12.1 Å². The van der Waals surface area contributed by atoms with Crippen LogP contribution in [0.15, 0.2) is 24.3 Å². The van der Waals surface area contributed by atoms with E-state index in [0.717, 1.165) is 18.4 Å². The molecule has 0 radical (unpaired) electrons. The second kappa shape index (κ2) is 8.39. The minimum atomic E-state index is -3.11. The fraction of sp³-hybridized carbons (Fsp3) is 0.600. The smallest absolute Gasteiger partial charge is 0.154 e. The van der Waals surface area contributed by atoms with Gasteiger partial charge >= 0.3 is 0 Å². The van der Waals surface area contributed by atoms with Gasteiger partial charge in [0.25, 0.3) is 0 Å². The molecule has 0 amide bonds. The van der Waals surface area contributed by atoms with E-state index >= 15 is 0 Å². The van der Waals surface area contributed by atoms with Gasteiger partial charge in [0.2, 0.25) is 0 Å². The van der Waals surface area contributed by atoms with Crippen molar-refractivity contribution in [1.29, 1.82) is 0 Å². The number of hydrogen-bond acceptors (Lipinski definition) is 4. The van der Waals surface area contributed by atoms with E-state index in [1.54, 1.807) is 7.05 Å². The average molecular weight is 299 g/mol. The maximum Gasteiger partial charge on any atom is 0.154 e.